The van der Waals surface area contributed by atoms with Crippen molar-refractivity contribution in [1.82, 2.24) is 5.32 Å². The van der Waals surface area contributed by atoms with Crippen LogP contribution in [0.3, 0.4) is 0 Å². The number of carbonyl (C=O) groups excluding carboxylic acids is 2. The second-order valence-electron chi connectivity index (χ2n) is 5.85. The molecular weight excluding hydrogens is 344 g/mol. The molecule has 3 rings (SSSR count). The molecule has 136 valence electrons. The molecule has 2 aromatic rings. The van der Waals surface area contributed by atoms with Crippen LogP contribution in [0.4, 0.5) is 8.78 Å². The predicted octanol–water partition coefficient (Wildman–Crippen LogP) is 3.46. The van der Waals surface area contributed by atoms with Crippen molar-refractivity contribution in [3.63, 3.8) is 0 Å². The van der Waals surface area contributed by atoms with E-state index < -0.39 is 24.6 Å². The van der Waals surface area contributed by atoms with E-state index in [9.17, 15) is 18.4 Å². The van der Waals surface area contributed by atoms with Crippen LogP contribution in [0.15, 0.2) is 54.6 Å². The van der Waals surface area contributed by atoms with E-state index in [0.29, 0.717) is 5.56 Å². The van der Waals surface area contributed by atoms with Gasteiger partial charge in [0, 0.05) is 11.6 Å². The Hall–Kier alpha value is -2.96. The quantitative estimate of drug-likeness (QED) is 0.767. The highest BCUT2D eigenvalue weighted by Gasteiger charge is 2.31. The van der Waals surface area contributed by atoms with E-state index >= 15 is 0 Å². The van der Waals surface area contributed by atoms with Crippen molar-refractivity contribution in [2.24, 2.45) is 0 Å². The summed E-state index contributed by atoms with van der Waals surface area (Å²) in [7, 11) is 0. The average molecular weight is 361 g/mol. The number of ether oxygens (including phenoxy) is 2. The zero-order chi connectivity index (χ0) is 18.5. The maximum atomic E-state index is 12.5. The molecule has 0 saturated heterocycles. The first-order valence-electron chi connectivity index (χ1n) is 8.14. The summed E-state index contributed by atoms with van der Waals surface area (Å²) in [5.41, 5.74) is 0.319. The number of halogens is 2. The maximum absolute atomic E-state index is 12.5. The number of hydrogen-bond acceptors (Lipinski definition) is 4. The fourth-order valence-corrected chi connectivity index (χ4v) is 2.41. The maximum Gasteiger partial charge on any atom is 0.387 e. The summed E-state index contributed by atoms with van der Waals surface area (Å²) in [5.74, 6) is -1.66. The van der Waals surface area contributed by atoms with Gasteiger partial charge in [0.2, 0.25) is 6.10 Å². The zero-order valence-electron chi connectivity index (χ0n) is 13.7. The topological polar surface area (TPSA) is 64.6 Å². The van der Waals surface area contributed by atoms with Gasteiger partial charge in [0.1, 0.15) is 11.3 Å². The second-order valence-corrected chi connectivity index (χ2v) is 5.85. The minimum Gasteiger partial charge on any atom is -0.444 e. The van der Waals surface area contributed by atoms with Crippen molar-refractivity contribution < 1.29 is 27.8 Å². The minimum absolute atomic E-state index is 0.0851. The summed E-state index contributed by atoms with van der Waals surface area (Å²) in [6, 6.07) is 14.1. The number of amides is 1. The first kappa shape index (κ1) is 17.8. The third kappa shape index (κ3) is 4.56. The molecule has 1 amide bonds. The van der Waals surface area contributed by atoms with Gasteiger partial charge in [-0.25, -0.2) is 4.79 Å². The van der Waals surface area contributed by atoms with Gasteiger partial charge in [-0.05, 0) is 25.0 Å². The predicted molar refractivity (Wildman–Crippen MR) is 88.8 cm³/mol. The van der Waals surface area contributed by atoms with Crippen molar-refractivity contribution in [3.05, 3.63) is 65.7 Å². The Morgan fingerprint density at radius 2 is 1.65 bits per heavy atom. The molecule has 2 aromatic carbocycles. The van der Waals surface area contributed by atoms with Gasteiger partial charge < -0.3 is 14.8 Å². The van der Waals surface area contributed by atoms with Crippen LogP contribution in [-0.2, 0) is 9.53 Å². The van der Waals surface area contributed by atoms with Crippen molar-refractivity contribution in [1.29, 1.82) is 0 Å². The number of alkyl halides is 2. The summed E-state index contributed by atoms with van der Waals surface area (Å²) in [6.45, 7) is -3.08. The standard InChI is InChI=1S/C19H17F2NO4/c20-19(21)25-15-9-5-4-8-14(15)18(24)26-16(12-6-2-1-3-7-12)17(23)22-13-10-11-13/h1-9,13,16,19H,10-11H2,(H,22,23)/t16-/m1/s1. The van der Waals surface area contributed by atoms with Gasteiger partial charge in [-0.3, -0.25) is 4.79 Å². The average Bonchev–Trinajstić information content (AvgIpc) is 3.44. The summed E-state index contributed by atoms with van der Waals surface area (Å²) >= 11 is 0. The molecule has 0 bridgehead atoms. The third-order valence-electron chi connectivity index (χ3n) is 3.81. The van der Waals surface area contributed by atoms with Crippen LogP contribution in [0.1, 0.15) is 34.9 Å². The van der Waals surface area contributed by atoms with Crippen LogP contribution in [0.2, 0.25) is 0 Å². The number of benzene rings is 2. The monoisotopic (exact) mass is 361 g/mol. The summed E-state index contributed by atoms with van der Waals surface area (Å²) in [4.78, 5) is 25.0. The SMILES string of the molecule is O=C(O[C@@H](C(=O)NC1CC1)c1ccccc1)c1ccccc1OC(F)F. The number of nitrogens with one attached hydrogen (secondary N) is 1. The van der Waals surface area contributed by atoms with E-state index in [4.69, 9.17) is 4.74 Å². The first-order valence-corrected chi connectivity index (χ1v) is 8.14. The van der Waals surface area contributed by atoms with Gasteiger partial charge in [-0.1, -0.05) is 42.5 Å². The van der Waals surface area contributed by atoms with E-state index in [1.807, 2.05) is 0 Å². The summed E-state index contributed by atoms with van der Waals surface area (Å²) in [6.07, 6.45) is 0.585. The van der Waals surface area contributed by atoms with E-state index in [1.165, 1.54) is 24.3 Å². The third-order valence-corrected chi connectivity index (χ3v) is 3.81. The number of carbonyl (C=O) groups is 2. The lowest BCUT2D eigenvalue weighted by molar-refractivity contribution is -0.130. The van der Waals surface area contributed by atoms with Gasteiger partial charge in [0.05, 0.1) is 0 Å². The molecule has 0 aliphatic heterocycles. The number of esters is 1. The molecule has 1 aliphatic carbocycles. The Morgan fingerprint density at radius 1 is 1.00 bits per heavy atom. The Labute approximate surface area is 148 Å². The van der Waals surface area contributed by atoms with E-state index in [0.717, 1.165) is 12.8 Å². The number of hydrogen-bond donors (Lipinski definition) is 1. The molecule has 0 radical (unpaired) electrons. The molecule has 0 unspecified atom stereocenters. The molecule has 0 aromatic heterocycles. The van der Waals surface area contributed by atoms with Gasteiger partial charge >= 0.3 is 12.6 Å². The first-order chi connectivity index (χ1) is 12.5. The Morgan fingerprint density at radius 3 is 2.31 bits per heavy atom. The lowest BCUT2D eigenvalue weighted by atomic mass is 10.1. The van der Waals surface area contributed by atoms with Crippen molar-refractivity contribution in [3.8, 4) is 5.75 Å². The molecule has 5 nitrogen and oxygen atoms in total. The Kier molecular flexibility index (Phi) is 5.46. The van der Waals surface area contributed by atoms with E-state index in [2.05, 4.69) is 10.1 Å². The molecule has 1 aliphatic rings. The van der Waals surface area contributed by atoms with E-state index in [1.54, 1.807) is 30.3 Å². The zero-order valence-corrected chi connectivity index (χ0v) is 13.7. The van der Waals surface area contributed by atoms with E-state index in [-0.39, 0.29) is 17.4 Å². The van der Waals surface area contributed by atoms with Gasteiger partial charge in [0.15, 0.2) is 0 Å². The van der Waals surface area contributed by atoms with Crippen LogP contribution in [0, 0.1) is 0 Å². The van der Waals surface area contributed by atoms with Crippen molar-refractivity contribution >= 4 is 11.9 Å². The normalized spacial score (nSPS) is 14.6. The highest BCUT2D eigenvalue weighted by molar-refractivity contribution is 5.95. The molecule has 1 saturated carbocycles. The van der Waals surface area contributed by atoms with Crippen LogP contribution < -0.4 is 10.1 Å². The lowest BCUT2D eigenvalue weighted by Gasteiger charge is -2.19. The minimum atomic E-state index is -3.08. The molecule has 26 heavy (non-hydrogen) atoms. The molecule has 1 fully saturated rings. The van der Waals surface area contributed by atoms with Gasteiger partial charge in [-0.15, -0.1) is 0 Å². The van der Waals surface area contributed by atoms with Crippen molar-refractivity contribution in [2.45, 2.75) is 31.6 Å². The summed E-state index contributed by atoms with van der Waals surface area (Å²) < 4.78 is 34.8. The number of para-hydroxylation sites is 1. The van der Waals surface area contributed by atoms with Crippen LogP contribution in [-0.4, -0.2) is 24.5 Å². The largest absolute Gasteiger partial charge is 0.444 e. The lowest BCUT2D eigenvalue weighted by Crippen LogP contribution is -2.33. The highest BCUT2D eigenvalue weighted by atomic mass is 19.3. The smallest absolute Gasteiger partial charge is 0.387 e. The Bertz CT molecular complexity index is 778. The fourth-order valence-electron chi connectivity index (χ4n) is 2.41. The molecular formula is C19H17F2NO4. The fraction of sp³-hybridized carbons (Fsp3) is 0.263. The molecule has 1 N–H and O–H groups in total. The summed E-state index contributed by atoms with van der Waals surface area (Å²) in [5, 5.41) is 2.79. The van der Waals surface area contributed by atoms with Crippen LogP contribution in [0.5, 0.6) is 5.75 Å². The van der Waals surface area contributed by atoms with Crippen molar-refractivity contribution in [2.75, 3.05) is 0 Å². The van der Waals surface area contributed by atoms with Gasteiger partial charge in [0.25, 0.3) is 5.91 Å². The molecule has 1 atom stereocenters. The van der Waals surface area contributed by atoms with Crippen LogP contribution >= 0.6 is 0 Å². The Balaban J connectivity index is 1.82. The molecule has 7 heteroatoms. The molecule has 0 spiro atoms. The van der Waals surface area contributed by atoms with Crippen LogP contribution in [0.25, 0.3) is 0 Å². The molecule has 0 heterocycles. The highest BCUT2D eigenvalue weighted by Crippen LogP contribution is 2.27. The van der Waals surface area contributed by atoms with Gasteiger partial charge in [-0.2, -0.15) is 8.78 Å². The number of rotatable bonds is 7. The second kappa shape index (κ2) is 7.95.